The molecule has 1 amide bonds. The standard InChI is InChI=1S/C16H18N2O3/c1-2-9-3-6-13-11(7-9)12(14(18-13)16(20)21)8-17-15(19)10-4-5-10/h3,6-7,10,18H,2,4-5,8H2,1H3,(H,17,19)(H,20,21). The summed E-state index contributed by atoms with van der Waals surface area (Å²) in [5, 5.41) is 13.1. The molecule has 1 heterocycles. The van der Waals surface area contributed by atoms with Crippen LogP contribution >= 0.6 is 0 Å². The lowest BCUT2D eigenvalue weighted by Crippen LogP contribution is -2.25. The maximum absolute atomic E-state index is 11.8. The van der Waals surface area contributed by atoms with E-state index in [2.05, 4.69) is 17.2 Å². The van der Waals surface area contributed by atoms with Gasteiger partial charge in [0.1, 0.15) is 5.69 Å². The SMILES string of the molecule is CCc1ccc2[nH]c(C(=O)O)c(CNC(=O)C3CC3)c2c1. The van der Waals surface area contributed by atoms with Gasteiger partial charge in [0.25, 0.3) is 0 Å². The van der Waals surface area contributed by atoms with Crippen LogP contribution in [0.5, 0.6) is 0 Å². The molecule has 110 valence electrons. The maximum Gasteiger partial charge on any atom is 0.352 e. The predicted molar refractivity (Wildman–Crippen MR) is 79.2 cm³/mol. The molecular weight excluding hydrogens is 268 g/mol. The molecule has 2 aromatic rings. The molecular formula is C16H18N2O3. The van der Waals surface area contributed by atoms with E-state index in [0.29, 0.717) is 5.56 Å². The number of carbonyl (C=O) groups is 2. The Morgan fingerprint density at radius 2 is 2.14 bits per heavy atom. The van der Waals surface area contributed by atoms with E-state index in [9.17, 15) is 14.7 Å². The van der Waals surface area contributed by atoms with Crippen LogP contribution in [0.4, 0.5) is 0 Å². The normalized spacial score (nSPS) is 14.3. The fourth-order valence-corrected chi connectivity index (χ4v) is 2.55. The van der Waals surface area contributed by atoms with Gasteiger partial charge in [0.15, 0.2) is 0 Å². The number of hydrogen-bond acceptors (Lipinski definition) is 2. The highest BCUT2D eigenvalue weighted by Gasteiger charge is 2.29. The molecule has 1 aliphatic carbocycles. The largest absolute Gasteiger partial charge is 0.477 e. The zero-order chi connectivity index (χ0) is 15.0. The van der Waals surface area contributed by atoms with Crippen molar-refractivity contribution in [3.63, 3.8) is 0 Å². The number of rotatable bonds is 5. The van der Waals surface area contributed by atoms with E-state index in [1.54, 1.807) is 0 Å². The lowest BCUT2D eigenvalue weighted by molar-refractivity contribution is -0.122. The molecule has 0 radical (unpaired) electrons. The van der Waals surface area contributed by atoms with Crippen molar-refractivity contribution in [2.24, 2.45) is 5.92 Å². The Labute approximate surface area is 122 Å². The topological polar surface area (TPSA) is 82.2 Å². The van der Waals surface area contributed by atoms with E-state index < -0.39 is 5.97 Å². The molecule has 1 aliphatic rings. The Balaban J connectivity index is 1.97. The molecule has 0 saturated heterocycles. The molecule has 5 heteroatoms. The van der Waals surface area contributed by atoms with Crippen molar-refractivity contribution in [3.05, 3.63) is 35.0 Å². The lowest BCUT2D eigenvalue weighted by Gasteiger charge is -2.05. The average Bonchev–Trinajstić information content (AvgIpc) is 3.26. The summed E-state index contributed by atoms with van der Waals surface area (Å²) in [6.45, 7) is 2.31. The molecule has 3 rings (SSSR count). The van der Waals surface area contributed by atoms with E-state index in [1.165, 1.54) is 0 Å². The third-order valence-corrected chi connectivity index (χ3v) is 3.98. The molecule has 3 N–H and O–H groups in total. The van der Waals surface area contributed by atoms with Crippen molar-refractivity contribution in [1.82, 2.24) is 10.3 Å². The fraction of sp³-hybridized carbons (Fsp3) is 0.375. The highest BCUT2D eigenvalue weighted by atomic mass is 16.4. The number of carboxylic acids is 1. The van der Waals surface area contributed by atoms with Crippen LogP contribution in [0, 0.1) is 5.92 Å². The number of aromatic carboxylic acids is 1. The number of amides is 1. The number of carbonyl (C=O) groups excluding carboxylic acids is 1. The second-order valence-corrected chi connectivity index (χ2v) is 5.51. The number of H-pyrrole nitrogens is 1. The van der Waals surface area contributed by atoms with Crippen molar-refractivity contribution < 1.29 is 14.7 Å². The van der Waals surface area contributed by atoms with Crippen LogP contribution in [0.15, 0.2) is 18.2 Å². The number of fused-ring (bicyclic) bond motifs is 1. The van der Waals surface area contributed by atoms with Gasteiger partial charge >= 0.3 is 5.97 Å². The van der Waals surface area contributed by atoms with Crippen LogP contribution in [-0.4, -0.2) is 22.0 Å². The Kier molecular flexibility index (Phi) is 3.41. The summed E-state index contributed by atoms with van der Waals surface area (Å²) in [6.07, 6.45) is 2.76. The number of aromatic nitrogens is 1. The average molecular weight is 286 g/mol. The smallest absolute Gasteiger partial charge is 0.352 e. The van der Waals surface area contributed by atoms with Gasteiger partial charge in [0.05, 0.1) is 0 Å². The number of aryl methyl sites for hydroxylation is 1. The van der Waals surface area contributed by atoms with Gasteiger partial charge in [-0.3, -0.25) is 4.79 Å². The Morgan fingerprint density at radius 1 is 1.38 bits per heavy atom. The van der Waals surface area contributed by atoms with Gasteiger partial charge in [-0.15, -0.1) is 0 Å². The summed E-state index contributed by atoms with van der Waals surface area (Å²) in [4.78, 5) is 26.1. The van der Waals surface area contributed by atoms with Gasteiger partial charge < -0.3 is 15.4 Å². The number of benzene rings is 1. The second kappa shape index (κ2) is 5.24. The third-order valence-electron chi connectivity index (χ3n) is 3.98. The minimum absolute atomic E-state index is 0.0207. The highest BCUT2D eigenvalue weighted by molar-refractivity contribution is 5.98. The molecule has 1 aromatic heterocycles. The first-order chi connectivity index (χ1) is 10.1. The summed E-state index contributed by atoms with van der Waals surface area (Å²) >= 11 is 0. The van der Waals surface area contributed by atoms with E-state index in [4.69, 9.17) is 0 Å². The minimum atomic E-state index is -1.00. The number of nitrogens with one attached hydrogen (secondary N) is 2. The molecule has 1 fully saturated rings. The molecule has 1 aromatic carbocycles. The second-order valence-electron chi connectivity index (χ2n) is 5.51. The summed E-state index contributed by atoms with van der Waals surface area (Å²) < 4.78 is 0. The van der Waals surface area contributed by atoms with E-state index in [1.807, 2.05) is 18.2 Å². The minimum Gasteiger partial charge on any atom is -0.477 e. The number of carboxylic acid groups (broad SMARTS) is 1. The van der Waals surface area contributed by atoms with Crippen molar-refractivity contribution in [3.8, 4) is 0 Å². The van der Waals surface area contributed by atoms with Crippen LogP contribution in [-0.2, 0) is 17.8 Å². The van der Waals surface area contributed by atoms with Gasteiger partial charge in [-0.25, -0.2) is 4.79 Å². The zero-order valence-corrected chi connectivity index (χ0v) is 11.9. The Morgan fingerprint density at radius 3 is 2.76 bits per heavy atom. The summed E-state index contributed by atoms with van der Waals surface area (Å²) in [7, 11) is 0. The molecule has 0 unspecified atom stereocenters. The fourth-order valence-electron chi connectivity index (χ4n) is 2.55. The van der Waals surface area contributed by atoms with Crippen LogP contribution in [0.2, 0.25) is 0 Å². The summed E-state index contributed by atoms with van der Waals surface area (Å²) in [5.74, 6) is -0.859. The molecule has 0 spiro atoms. The van der Waals surface area contributed by atoms with E-state index >= 15 is 0 Å². The molecule has 1 saturated carbocycles. The van der Waals surface area contributed by atoms with E-state index in [-0.39, 0.29) is 24.1 Å². The molecule has 5 nitrogen and oxygen atoms in total. The van der Waals surface area contributed by atoms with Crippen molar-refractivity contribution in [2.75, 3.05) is 0 Å². The zero-order valence-electron chi connectivity index (χ0n) is 11.9. The predicted octanol–water partition coefficient (Wildman–Crippen LogP) is 2.45. The molecule has 0 aliphatic heterocycles. The van der Waals surface area contributed by atoms with Gasteiger partial charge in [-0.05, 0) is 37.0 Å². The van der Waals surface area contributed by atoms with Gasteiger partial charge in [-0.2, -0.15) is 0 Å². The van der Waals surface area contributed by atoms with E-state index in [0.717, 1.165) is 35.7 Å². The van der Waals surface area contributed by atoms with Crippen LogP contribution < -0.4 is 5.32 Å². The Bertz CT molecular complexity index is 714. The number of hydrogen-bond donors (Lipinski definition) is 3. The van der Waals surface area contributed by atoms with Gasteiger partial charge in [-0.1, -0.05) is 13.0 Å². The first-order valence-electron chi connectivity index (χ1n) is 7.24. The first-order valence-corrected chi connectivity index (χ1v) is 7.24. The van der Waals surface area contributed by atoms with Crippen molar-refractivity contribution in [1.29, 1.82) is 0 Å². The van der Waals surface area contributed by atoms with Gasteiger partial charge in [0, 0.05) is 28.9 Å². The Hall–Kier alpha value is -2.30. The lowest BCUT2D eigenvalue weighted by atomic mass is 10.1. The monoisotopic (exact) mass is 286 g/mol. The summed E-state index contributed by atoms with van der Waals surface area (Å²) in [6, 6.07) is 5.88. The number of aromatic amines is 1. The maximum atomic E-state index is 11.8. The van der Waals surface area contributed by atoms with Crippen LogP contribution in [0.25, 0.3) is 10.9 Å². The van der Waals surface area contributed by atoms with Crippen LogP contribution in [0.1, 0.15) is 41.4 Å². The first kappa shape index (κ1) is 13.7. The van der Waals surface area contributed by atoms with Gasteiger partial charge in [0.2, 0.25) is 5.91 Å². The molecule has 0 bridgehead atoms. The quantitative estimate of drug-likeness (QED) is 0.789. The highest BCUT2D eigenvalue weighted by Crippen LogP contribution is 2.29. The molecule has 0 atom stereocenters. The van der Waals surface area contributed by atoms with Crippen LogP contribution in [0.3, 0.4) is 0 Å². The molecule has 21 heavy (non-hydrogen) atoms. The van der Waals surface area contributed by atoms with Crippen molar-refractivity contribution in [2.45, 2.75) is 32.7 Å². The van der Waals surface area contributed by atoms with Crippen molar-refractivity contribution >= 4 is 22.8 Å². The summed E-state index contributed by atoms with van der Waals surface area (Å²) in [5.41, 5.74) is 2.75. The third kappa shape index (κ3) is 2.63.